The van der Waals surface area contributed by atoms with Gasteiger partial charge in [0.05, 0.1) is 0 Å². The van der Waals surface area contributed by atoms with Crippen LogP contribution in [0, 0.1) is 0 Å². The average Bonchev–Trinajstić information content (AvgIpc) is 2.87. The molecule has 0 amide bonds. The maximum absolute atomic E-state index is 10.9. The van der Waals surface area contributed by atoms with Crippen molar-refractivity contribution in [1.29, 1.82) is 0 Å². The van der Waals surface area contributed by atoms with E-state index in [-0.39, 0.29) is 5.69 Å². The van der Waals surface area contributed by atoms with Crippen molar-refractivity contribution in [2.24, 2.45) is 0 Å². The summed E-state index contributed by atoms with van der Waals surface area (Å²) in [5.41, 5.74) is 2.57. The third-order valence-corrected chi connectivity index (χ3v) is 3.92. The number of aromatic carboxylic acids is 1. The van der Waals surface area contributed by atoms with Crippen LogP contribution >= 0.6 is 11.3 Å². The van der Waals surface area contributed by atoms with E-state index in [1.807, 2.05) is 12.1 Å². The lowest BCUT2D eigenvalue weighted by atomic mass is 10.0. The summed E-state index contributed by atoms with van der Waals surface area (Å²) in [5.74, 6) is -0.970. The topological polar surface area (TPSA) is 53.4 Å². The average molecular weight is 260 g/mol. The molecule has 2 heterocycles. The third kappa shape index (κ3) is 1.86. The minimum atomic E-state index is -0.970. The highest BCUT2D eigenvalue weighted by Gasteiger charge is 2.21. The summed E-state index contributed by atoms with van der Waals surface area (Å²) in [7, 11) is 0. The van der Waals surface area contributed by atoms with E-state index < -0.39 is 5.97 Å². The van der Waals surface area contributed by atoms with Crippen LogP contribution in [-0.2, 0) is 6.42 Å². The first-order valence-corrected chi connectivity index (χ1v) is 6.68. The van der Waals surface area contributed by atoms with Gasteiger partial charge in [0.1, 0.15) is 0 Å². The lowest BCUT2D eigenvalue weighted by Crippen LogP contribution is -2.24. The zero-order valence-corrected chi connectivity index (χ0v) is 10.5. The SMILES string of the molecule is O=C(O)c1csc(N2CCCc3ccccc32)n1. The predicted octanol–water partition coefficient (Wildman–Crippen LogP) is 2.93. The Kier molecular flexibility index (Phi) is 2.76. The van der Waals surface area contributed by atoms with Crippen LogP contribution in [0.1, 0.15) is 22.5 Å². The molecular weight excluding hydrogens is 248 g/mol. The van der Waals surface area contributed by atoms with Gasteiger partial charge >= 0.3 is 5.97 Å². The Balaban J connectivity index is 2.00. The molecule has 0 radical (unpaired) electrons. The van der Waals surface area contributed by atoms with Gasteiger partial charge in [-0.3, -0.25) is 0 Å². The number of hydrogen-bond acceptors (Lipinski definition) is 4. The molecule has 92 valence electrons. The third-order valence-electron chi connectivity index (χ3n) is 3.05. The van der Waals surface area contributed by atoms with Gasteiger partial charge in [-0.2, -0.15) is 0 Å². The number of rotatable bonds is 2. The number of hydrogen-bond donors (Lipinski definition) is 1. The van der Waals surface area contributed by atoms with Crippen LogP contribution in [-0.4, -0.2) is 22.6 Å². The number of carbonyl (C=O) groups is 1. The first-order valence-electron chi connectivity index (χ1n) is 5.80. The van der Waals surface area contributed by atoms with E-state index in [1.54, 1.807) is 5.38 Å². The quantitative estimate of drug-likeness (QED) is 0.902. The summed E-state index contributed by atoms with van der Waals surface area (Å²) in [6.45, 7) is 0.892. The summed E-state index contributed by atoms with van der Waals surface area (Å²) in [4.78, 5) is 17.2. The number of fused-ring (bicyclic) bond motifs is 1. The van der Waals surface area contributed by atoms with Crippen molar-refractivity contribution in [3.8, 4) is 0 Å². The maximum Gasteiger partial charge on any atom is 0.355 e. The number of carboxylic acids is 1. The van der Waals surface area contributed by atoms with Gasteiger partial charge in [0, 0.05) is 17.6 Å². The zero-order chi connectivity index (χ0) is 12.5. The monoisotopic (exact) mass is 260 g/mol. The lowest BCUT2D eigenvalue weighted by Gasteiger charge is -2.28. The number of para-hydroxylation sites is 1. The van der Waals surface area contributed by atoms with Gasteiger partial charge in [0.25, 0.3) is 0 Å². The van der Waals surface area contributed by atoms with Gasteiger partial charge in [-0.05, 0) is 24.5 Å². The molecule has 1 aliphatic heterocycles. The number of carboxylic acid groups (broad SMARTS) is 1. The second kappa shape index (κ2) is 4.42. The van der Waals surface area contributed by atoms with Crippen LogP contribution in [0.15, 0.2) is 29.6 Å². The fourth-order valence-electron chi connectivity index (χ4n) is 2.22. The molecule has 18 heavy (non-hydrogen) atoms. The van der Waals surface area contributed by atoms with Gasteiger partial charge in [0.15, 0.2) is 10.8 Å². The number of aryl methyl sites for hydroxylation is 1. The zero-order valence-electron chi connectivity index (χ0n) is 9.67. The molecule has 4 nitrogen and oxygen atoms in total. The Bertz CT molecular complexity index is 594. The van der Waals surface area contributed by atoms with E-state index in [4.69, 9.17) is 5.11 Å². The molecule has 0 spiro atoms. The molecule has 0 aliphatic carbocycles. The van der Waals surface area contributed by atoms with Crippen molar-refractivity contribution in [2.45, 2.75) is 12.8 Å². The summed E-state index contributed by atoms with van der Waals surface area (Å²) >= 11 is 1.38. The highest BCUT2D eigenvalue weighted by molar-refractivity contribution is 7.14. The van der Waals surface area contributed by atoms with E-state index in [0.29, 0.717) is 0 Å². The number of nitrogens with zero attached hydrogens (tertiary/aromatic N) is 2. The maximum atomic E-state index is 10.9. The van der Waals surface area contributed by atoms with Crippen LogP contribution in [0.25, 0.3) is 0 Å². The molecule has 0 bridgehead atoms. The predicted molar refractivity (Wildman–Crippen MR) is 70.8 cm³/mol. The molecule has 1 aromatic heterocycles. The second-order valence-corrected chi connectivity index (χ2v) is 5.04. The molecule has 1 N–H and O–H groups in total. The first-order chi connectivity index (χ1) is 8.75. The van der Waals surface area contributed by atoms with Crippen LogP contribution in [0.2, 0.25) is 0 Å². The number of anilines is 2. The summed E-state index contributed by atoms with van der Waals surface area (Å²) in [6.07, 6.45) is 2.14. The highest BCUT2D eigenvalue weighted by atomic mass is 32.1. The Morgan fingerprint density at radius 1 is 1.39 bits per heavy atom. The van der Waals surface area contributed by atoms with Crippen molar-refractivity contribution < 1.29 is 9.90 Å². The van der Waals surface area contributed by atoms with E-state index in [2.05, 4.69) is 22.0 Å². The van der Waals surface area contributed by atoms with Crippen LogP contribution < -0.4 is 4.90 Å². The number of benzene rings is 1. The molecule has 3 rings (SSSR count). The molecule has 1 aliphatic rings. The molecule has 2 aromatic rings. The standard InChI is InChI=1S/C13H12N2O2S/c16-12(17)10-8-18-13(14-10)15-7-3-5-9-4-1-2-6-11(9)15/h1-2,4,6,8H,3,5,7H2,(H,16,17). The molecule has 0 saturated heterocycles. The van der Waals surface area contributed by atoms with Gasteiger partial charge in [-0.1, -0.05) is 18.2 Å². The van der Waals surface area contributed by atoms with Gasteiger partial charge in [0.2, 0.25) is 0 Å². The molecule has 0 atom stereocenters. The van der Waals surface area contributed by atoms with E-state index >= 15 is 0 Å². The second-order valence-electron chi connectivity index (χ2n) is 4.20. The Morgan fingerprint density at radius 2 is 2.22 bits per heavy atom. The van der Waals surface area contributed by atoms with Gasteiger partial charge in [-0.15, -0.1) is 11.3 Å². The summed E-state index contributed by atoms with van der Waals surface area (Å²) in [5, 5.41) is 11.3. The summed E-state index contributed by atoms with van der Waals surface area (Å²) < 4.78 is 0. The smallest absolute Gasteiger partial charge is 0.355 e. The van der Waals surface area contributed by atoms with E-state index in [0.717, 1.165) is 30.2 Å². The fraction of sp³-hybridized carbons (Fsp3) is 0.231. The normalized spacial score (nSPS) is 14.3. The highest BCUT2D eigenvalue weighted by Crippen LogP contribution is 2.34. The summed E-state index contributed by atoms with van der Waals surface area (Å²) in [6, 6.07) is 8.22. The van der Waals surface area contributed by atoms with Crippen LogP contribution in [0.5, 0.6) is 0 Å². The molecule has 0 unspecified atom stereocenters. The molecule has 0 saturated carbocycles. The van der Waals surface area contributed by atoms with Crippen molar-refractivity contribution in [1.82, 2.24) is 4.98 Å². The Labute approximate surface area is 109 Å². The minimum Gasteiger partial charge on any atom is -0.476 e. The Morgan fingerprint density at radius 3 is 3.00 bits per heavy atom. The lowest BCUT2D eigenvalue weighted by molar-refractivity contribution is 0.0691. The fourth-order valence-corrected chi connectivity index (χ4v) is 3.06. The molecule has 5 heteroatoms. The molecule has 1 aromatic carbocycles. The van der Waals surface area contributed by atoms with E-state index in [9.17, 15) is 4.79 Å². The number of aromatic nitrogens is 1. The van der Waals surface area contributed by atoms with Gasteiger partial charge in [-0.25, -0.2) is 9.78 Å². The van der Waals surface area contributed by atoms with Crippen LogP contribution in [0.3, 0.4) is 0 Å². The van der Waals surface area contributed by atoms with Crippen molar-refractivity contribution >= 4 is 28.1 Å². The van der Waals surface area contributed by atoms with Crippen LogP contribution in [0.4, 0.5) is 10.8 Å². The molecular formula is C13H12N2O2S. The molecule has 0 fully saturated rings. The Hall–Kier alpha value is -1.88. The number of thiazole rings is 1. The first kappa shape index (κ1) is 11.2. The van der Waals surface area contributed by atoms with Crippen molar-refractivity contribution in [3.63, 3.8) is 0 Å². The van der Waals surface area contributed by atoms with Crippen molar-refractivity contribution in [2.75, 3.05) is 11.4 Å². The minimum absolute atomic E-state index is 0.123. The van der Waals surface area contributed by atoms with Crippen molar-refractivity contribution in [3.05, 3.63) is 40.9 Å². The van der Waals surface area contributed by atoms with Gasteiger partial charge < -0.3 is 10.0 Å². The largest absolute Gasteiger partial charge is 0.476 e. The van der Waals surface area contributed by atoms with E-state index in [1.165, 1.54) is 16.9 Å².